The molecular weight excluding hydrogens is 280 g/mol. The number of aryl methyl sites for hydroxylation is 1. The van der Waals surface area contributed by atoms with E-state index in [0.29, 0.717) is 6.54 Å². The molecule has 1 atom stereocenters. The first-order valence-electron chi connectivity index (χ1n) is 8.01. The zero-order chi connectivity index (χ0) is 16.0. The van der Waals surface area contributed by atoms with Crippen LogP contribution in [0.5, 0.6) is 5.75 Å². The normalized spacial score (nSPS) is 17.9. The van der Waals surface area contributed by atoms with Crippen LogP contribution in [0.25, 0.3) is 0 Å². The van der Waals surface area contributed by atoms with Crippen LogP contribution in [0.4, 0.5) is 4.79 Å². The molecule has 1 fully saturated rings. The molecule has 5 nitrogen and oxygen atoms in total. The van der Waals surface area contributed by atoms with Crippen LogP contribution >= 0.6 is 0 Å². The summed E-state index contributed by atoms with van der Waals surface area (Å²) < 4.78 is 0. The zero-order valence-electron chi connectivity index (χ0n) is 13.1. The molecular formula is C17H26N2O3. The van der Waals surface area contributed by atoms with Crippen molar-refractivity contribution in [3.8, 4) is 5.75 Å². The minimum atomic E-state index is -0.716. The van der Waals surface area contributed by atoms with Crippen LogP contribution in [0.15, 0.2) is 24.3 Å². The number of nitrogens with one attached hydrogen (secondary N) is 2. The van der Waals surface area contributed by atoms with Crippen LogP contribution < -0.4 is 10.6 Å². The third-order valence-corrected chi connectivity index (χ3v) is 4.29. The van der Waals surface area contributed by atoms with Crippen LogP contribution in [0, 0.1) is 0 Å². The van der Waals surface area contributed by atoms with Crippen molar-refractivity contribution in [2.24, 2.45) is 0 Å². The van der Waals surface area contributed by atoms with Gasteiger partial charge in [0, 0.05) is 12.6 Å². The van der Waals surface area contributed by atoms with E-state index in [-0.39, 0.29) is 17.8 Å². The summed E-state index contributed by atoms with van der Waals surface area (Å²) in [6.45, 7) is 2.29. The van der Waals surface area contributed by atoms with Gasteiger partial charge in [-0.25, -0.2) is 4.79 Å². The fourth-order valence-electron chi connectivity index (χ4n) is 2.85. The fraction of sp³-hybridized carbons (Fsp3) is 0.588. The van der Waals surface area contributed by atoms with Crippen LogP contribution in [0.3, 0.4) is 0 Å². The molecule has 0 radical (unpaired) electrons. The van der Waals surface area contributed by atoms with E-state index in [9.17, 15) is 15.0 Å². The standard InChI is InChI=1S/C17H26N2O3/c1-13(4-5-14-6-8-15(20)9-7-14)19-16(21)18-12-17(22)10-2-3-11-17/h6-9,13,20,22H,2-5,10-12H2,1H3,(H2,18,19,21). The second-order valence-electron chi connectivity index (χ2n) is 6.36. The van der Waals surface area contributed by atoms with E-state index in [1.165, 1.54) is 0 Å². The van der Waals surface area contributed by atoms with Crippen LogP contribution in [-0.2, 0) is 6.42 Å². The van der Waals surface area contributed by atoms with Gasteiger partial charge in [0.05, 0.1) is 5.60 Å². The first kappa shape index (κ1) is 16.6. The van der Waals surface area contributed by atoms with Gasteiger partial charge in [0.25, 0.3) is 0 Å². The SMILES string of the molecule is CC(CCc1ccc(O)cc1)NC(=O)NCC1(O)CCCC1. The number of urea groups is 1. The predicted octanol–water partition coefficient (Wildman–Crippen LogP) is 2.32. The molecule has 4 N–H and O–H groups in total. The number of rotatable bonds is 6. The molecule has 0 spiro atoms. The van der Waals surface area contributed by atoms with Crippen molar-refractivity contribution < 1.29 is 15.0 Å². The number of carbonyl (C=O) groups is 1. The summed E-state index contributed by atoms with van der Waals surface area (Å²) in [5, 5.41) is 25.1. The average Bonchev–Trinajstić information content (AvgIpc) is 2.92. The van der Waals surface area contributed by atoms with Gasteiger partial charge in [-0.05, 0) is 50.3 Å². The van der Waals surface area contributed by atoms with E-state index in [4.69, 9.17) is 0 Å². The molecule has 0 aliphatic heterocycles. The Morgan fingerprint density at radius 2 is 1.91 bits per heavy atom. The summed E-state index contributed by atoms with van der Waals surface area (Å²) in [6, 6.07) is 6.94. The van der Waals surface area contributed by atoms with Gasteiger partial charge in [-0.1, -0.05) is 25.0 Å². The van der Waals surface area contributed by atoms with Gasteiger partial charge < -0.3 is 20.8 Å². The molecule has 0 aromatic heterocycles. The van der Waals surface area contributed by atoms with E-state index < -0.39 is 5.60 Å². The van der Waals surface area contributed by atoms with Crippen LogP contribution in [0.1, 0.15) is 44.6 Å². The third kappa shape index (κ3) is 5.22. The van der Waals surface area contributed by atoms with Crippen LogP contribution in [-0.4, -0.2) is 34.4 Å². The smallest absolute Gasteiger partial charge is 0.315 e. The Labute approximate surface area is 131 Å². The van der Waals surface area contributed by atoms with Crippen molar-refractivity contribution in [2.45, 2.75) is 57.1 Å². The molecule has 0 saturated heterocycles. The lowest BCUT2D eigenvalue weighted by molar-refractivity contribution is 0.0500. The fourth-order valence-corrected chi connectivity index (χ4v) is 2.85. The Balaban J connectivity index is 1.66. The molecule has 2 amide bonds. The Bertz CT molecular complexity index is 481. The number of hydrogen-bond donors (Lipinski definition) is 4. The molecule has 1 saturated carbocycles. The number of amides is 2. The molecule has 22 heavy (non-hydrogen) atoms. The van der Waals surface area contributed by atoms with Crippen molar-refractivity contribution in [3.63, 3.8) is 0 Å². The molecule has 1 aromatic rings. The quantitative estimate of drug-likeness (QED) is 0.651. The topological polar surface area (TPSA) is 81.6 Å². The van der Waals surface area contributed by atoms with Crippen molar-refractivity contribution in [2.75, 3.05) is 6.54 Å². The Hall–Kier alpha value is -1.75. The van der Waals surface area contributed by atoms with Crippen molar-refractivity contribution in [3.05, 3.63) is 29.8 Å². The molecule has 0 heterocycles. The molecule has 1 aliphatic rings. The summed E-state index contributed by atoms with van der Waals surface area (Å²) >= 11 is 0. The Morgan fingerprint density at radius 3 is 2.55 bits per heavy atom. The second kappa shape index (κ2) is 7.49. The van der Waals surface area contributed by atoms with E-state index in [2.05, 4.69) is 10.6 Å². The average molecular weight is 306 g/mol. The number of benzene rings is 1. The van der Waals surface area contributed by atoms with Gasteiger partial charge >= 0.3 is 6.03 Å². The predicted molar refractivity (Wildman–Crippen MR) is 85.8 cm³/mol. The maximum Gasteiger partial charge on any atom is 0.315 e. The summed E-state index contributed by atoms with van der Waals surface area (Å²) in [7, 11) is 0. The number of phenols is 1. The molecule has 1 aliphatic carbocycles. The second-order valence-corrected chi connectivity index (χ2v) is 6.36. The maximum atomic E-state index is 11.8. The van der Waals surface area contributed by atoms with E-state index in [1.807, 2.05) is 19.1 Å². The third-order valence-electron chi connectivity index (χ3n) is 4.29. The maximum absolute atomic E-state index is 11.8. The summed E-state index contributed by atoms with van der Waals surface area (Å²) in [6.07, 6.45) is 5.26. The minimum absolute atomic E-state index is 0.0482. The Kier molecular flexibility index (Phi) is 5.66. The highest BCUT2D eigenvalue weighted by atomic mass is 16.3. The van der Waals surface area contributed by atoms with E-state index in [1.54, 1.807) is 12.1 Å². The number of carbonyl (C=O) groups excluding carboxylic acids is 1. The monoisotopic (exact) mass is 306 g/mol. The van der Waals surface area contributed by atoms with Gasteiger partial charge in [0.1, 0.15) is 5.75 Å². The lowest BCUT2D eigenvalue weighted by Crippen LogP contribution is -2.47. The van der Waals surface area contributed by atoms with Gasteiger partial charge in [0.2, 0.25) is 0 Å². The highest BCUT2D eigenvalue weighted by molar-refractivity contribution is 5.74. The minimum Gasteiger partial charge on any atom is -0.508 e. The van der Waals surface area contributed by atoms with Gasteiger partial charge in [-0.2, -0.15) is 0 Å². The number of aliphatic hydroxyl groups is 1. The lowest BCUT2D eigenvalue weighted by atomic mass is 10.0. The number of phenolic OH excluding ortho intramolecular Hbond substituents is 1. The van der Waals surface area contributed by atoms with Crippen molar-refractivity contribution >= 4 is 6.03 Å². The molecule has 2 rings (SSSR count). The molecule has 1 unspecified atom stereocenters. The molecule has 122 valence electrons. The highest BCUT2D eigenvalue weighted by Crippen LogP contribution is 2.28. The zero-order valence-corrected chi connectivity index (χ0v) is 13.1. The Morgan fingerprint density at radius 1 is 1.27 bits per heavy atom. The van der Waals surface area contributed by atoms with E-state index >= 15 is 0 Å². The summed E-state index contributed by atoms with van der Waals surface area (Å²) in [5.41, 5.74) is 0.416. The van der Waals surface area contributed by atoms with Gasteiger partial charge in [-0.15, -0.1) is 0 Å². The lowest BCUT2D eigenvalue weighted by Gasteiger charge is -2.23. The first-order valence-corrected chi connectivity index (χ1v) is 8.01. The van der Waals surface area contributed by atoms with Crippen molar-refractivity contribution in [1.29, 1.82) is 0 Å². The first-order chi connectivity index (χ1) is 10.5. The van der Waals surface area contributed by atoms with Gasteiger partial charge in [-0.3, -0.25) is 0 Å². The summed E-state index contributed by atoms with van der Waals surface area (Å²) in [4.78, 5) is 11.8. The van der Waals surface area contributed by atoms with Crippen LogP contribution in [0.2, 0.25) is 0 Å². The summed E-state index contributed by atoms with van der Waals surface area (Å²) in [5.74, 6) is 0.263. The van der Waals surface area contributed by atoms with E-state index in [0.717, 1.165) is 44.1 Å². The largest absolute Gasteiger partial charge is 0.508 e. The molecule has 1 aromatic carbocycles. The molecule has 0 bridgehead atoms. The van der Waals surface area contributed by atoms with Gasteiger partial charge in [0.15, 0.2) is 0 Å². The highest BCUT2D eigenvalue weighted by Gasteiger charge is 2.31. The van der Waals surface area contributed by atoms with Crippen molar-refractivity contribution in [1.82, 2.24) is 10.6 Å². The number of hydrogen-bond acceptors (Lipinski definition) is 3. The number of aromatic hydroxyl groups is 1. The molecule has 5 heteroatoms.